The van der Waals surface area contributed by atoms with Gasteiger partial charge >= 0.3 is 5.97 Å². The maximum absolute atomic E-state index is 13.0. The van der Waals surface area contributed by atoms with E-state index in [2.05, 4.69) is 5.32 Å². The molecular weight excluding hydrogens is 249 g/mol. The predicted octanol–water partition coefficient (Wildman–Crippen LogP) is 2.14. The molecule has 0 aromatic heterocycles. The second kappa shape index (κ2) is 7.09. The highest BCUT2D eigenvalue weighted by Gasteiger charge is 2.33. The average molecular weight is 269 g/mol. The SMILES string of the molecule is CCNC(C)(CCOc1cccc(F)c1)C(=O)OC. The molecule has 1 aromatic carbocycles. The quantitative estimate of drug-likeness (QED) is 0.770. The van der Waals surface area contributed by atoms with Crippen molar-refractivity contribution < 1.29 is 18.7 Å². The molecule has 19 heavy (non-hydrogen) atoms. The van der Waals surface area contributed by atoms with E-state index in [4.69, 9.17) is 9.47 Å². The summed E-state index contributed by atoms with van der Waals surface area (Å²) in [7, 11) is 1.35. The summed E-state index contributed by atoms with van der Waals surface area (Å²) in [5.41, 5.74) is -0.795. The van der Waals surface area contributed by atoms with E-state index >= 15 is 0 Å². The summed E-state index contributed by atoms with van der Waals surface area (Å²) in [6.45, 7) is 4.61. The minimum atomic E-state index is -0.795. The third kappa shape index (κ3) is 4.52. The first-order chi connectivity index (χ1) is 9.01. The highest BCUT2D eigenvalue weighted by molar-refractivity contribution is 5.80. The van der Waals surface area contributed by atoms with E-state index in [0.29, 0.717) is 25.3 Å². The monoisotopic (exact) mass is 269 g/mol. The third-order valence-electron chi connectivity index (χ3n) is 2.87. The van der Waals surface area contributed by atoms with Gasteiger partial charge in [-0.3, -0.25) is 4.79 Å². The van der Waals surface area contributed by atoms with Gasteiger partial charge in [0.05, 0.1) is 13.7 Å². The van der Waals surface area contributed by atoms with Gasteiger partial charge in [0.15, 0.2) is 0 Å². The number of benzene rings is 1. The number of hydrogen-bond donors (Lipinski definition) is 1. The number of rotatable bonds is 7. The Bertz CT molecular complexity index is 425. The Balaban J connectivity index is 2.55. The second-order valence-corrected chi connectivity index (χ2v) is 4.41. The normalized spacial score (nSPS) is 13.7. The van der Waals surface area contributed by atoms with Gasteiger partial charge in [0, 0.05) is 12.5 Å². The number of halogens is 1. The van der Waals surface area contributed by atoms with Gasteiger partial charge in [-0.2, -0.15) is 0 Å². The van der Waals surface area contributed by atoms with Gasteiger partial charge in [-0.05, 0) is 25.6 Å². The lowest BCUT2D eigenvalue weighted by Gasteiger charge is -2.27. The zero-order valence-electron chi connectivity index (χ0n) is 11.5. The molecule has 0 amide bonds. The number of carbonyl (C=O) groups excluding carboxylic acids is 1. The second-order valence-electron chi connectivity index (χ2n) is 4.41. The molecule has 0 radical (unpaired) electrons. The van der Waals surface area contributed by atoms with Gasteiger partial charge in [0.2, 0.25) is 0 Å². The number of hydrogen-bond acceptors (Lipinski definition) is 4. The molecule has 0 aliphatic carbocycles. The van der Waals surface area contributed by atoms with E-state index in [-0.39, 0.29) is 11.8 Å². The summed E-state index contributed by atoms with van der Waals surface area (Å²) in [5.74, 6) is -0.235. The van der Waals surface area contributed by atoms with Crippen molar-refractivity contribution >= 4 is 5.97 Å². The molecule has 5 heteroatoms. The highest BCUT2D eigenvalue weighted by Crippen LogP contribution is 2.16. The predicted molar refractivity (Wildman–Crippen MR) is 70.6 cm³/mol. The first-order valence-corrected chi connectivity index (χ1v) is 6.23. The lowest BCUT2D eigenvalue weighted by Crippen LogP contribution is -2.51. The smallest absolute Gasteiger partial charge is 0.325 e. The molecule has 0 fully saturated rings. The molecule has 0 spiro atoms. The van der Waals surface area contributed by atoms with Gasteiger partial charge < -0.3 is 14.8 Å². The van der Waals surface area contributed by atoms with Crippen LogP contribution in [0.2, 0.25) is 0 Å². The topological polar surface area (TPSA) is 47.6 Å². The Kier molecular flexibility index (Phi) is 5.76. The molecule has 1 aromatic rings. The Morgan fingerprint density at radius 1 is 1.47 bits per heavy atom. The van der Waals surface area contributed by atoms with Crippen molar-refractivity contribution in [3.63, 3.8) is 0 Å². The molecule has 0 heterocycles. The summed E-state index contributed by atoms with van der Waals surface area (Å²) < 4.78 is 23.2. The first-order valence-electron chi connectivity index (χ1n) is 6.23. The molecule has 0 aliphatic heterocycles. The first kappa shape index (κ1) is 15.4. The van der Waals surface area contributed by atoms with E-state index in [9.17, 15) is 9.18 Å². The van der Waals surface area contributed by atoms with Gasteiger partial charge in [-0.1, -0.05) is 13.0 Å². The lowest BCUT2D eigenvalue weighted by molar-refractivity contribution is -0.148. The van der Waals surface area contributed by atoms with E-state index in [1.807, 2.05) is 6.92 Å². The highest BCUT2D eigenvalue weighted by atomic mass is 19.1. The van der Waals surface area contributed by atoms with Crippen LogP contribution in [0.25, 0.3) is 0 Å². The number of nitrogens with one attached hydrogen (secondary N) is 1. The number of methoxy groups -OCH3 is 1. The Hall–Kier alpha value is -1.62. The van der Waals surface area contributed by atoms with E-state index in [1.165, 1.54) is 19.2 Å². The summed E-state index contributed by atoms with van der Waals surface area (Å²) >= 11 is 0. The van der Waals surface area contributed by atoms with Crippen molar-refractivity contribution in [3.05, 3.63) is 30.1 Å². The lowest BCUT2D eigenvalue weighted by atomic mass is 9.98. The third-order valence-corrected chi connectivity index (χ3v) is 2.87. The van der Waals surface area contributed by atoms with E-state index in [1.54, 1.807) is 19.1 Å². The minimum Gasteiger partial charge on any atom is -0.493 e. The van der Waals surface area contributed by atoms with Crippen molar-refractivity contribution in [3.8, 4) is 5.75 Å². The van der Waals surface area contributed by atoms with Crippen molar-refractivity contribution in [2.45, 2.75) is 25.8 Å². The molecule has 0 saturated carbocycles. The largest absolute Gasteiger partial charge is 0.493 e. The van der Waals surface area contributed by atoms with Gasteiger partial charge in [-0.15, -0.1) is 0 Å². The molecular formula is C14H20FNO3. The average Bonchev–Trinajstić information content (AvgIpc) is 2.38. The number of esters is 1. The Morgan fingerprint density at radius 3 is 2.79 bits per heavy atom. The van der Waals surface area contributed by atoms with Crippen LogP contribution >= 0.6 is 0 Å². The molecule has 1 rings (SSSR count). The van der Waals surface area contributed by atoms with Crippen LogP contribution in [-0.4, -0.2) is 31.8 Å². The number of carbonyl (C=O) groups is 1. The molecule has 106 valence electrons. The fraction of sp³-hybridized carbons (Fsp3) is 0.500. The van der Waals surface area contributed by atoms with Crippen LogP contribution in [0, 0.1) is 5.82 Å². The van der Waals surface area contributed by atoms with Crippen LogP contribution in [-0.2, 0) is 9.53 Å². The molecule has 0 saturated heterocycles. The molecule has 1 atom stereocenters. The van der Waals surface area contributed by atoms with Crippen LogP contribution in [0.5, 0.6) is 5.75 Å². The van der Waals surface area contributed by atoms with Crippen LogP contribution in [0.1, 0.15) is 20.3 Å². The molecule has 0 aliphatic rings. The van der Waals surface area contributed by atoms with Crippen LogP contribution in [0.4, 0.5) is 4.39 Å². The zero-order valence-corrected chi connectivity index (χ0v) is 11.5. The summed E-state index contributed by atoms with van der Waals surface area (Å²) in [6.07, 6.45) is 0.435. The summed E-state index contributed by atoms with van der Waals surface area (Å²) in [4.78, 5) is 11.7. The maximum Gasteiger partial charge on any atom is 0.325 e. The fourth-order valence-electron chi connectivity index (χ4n) is 1.81. The number of ether oxygens (including phenoxy) is 2. The van der Waals surface area contributed by atoms with Crippen molar-refractivity contribution in [2.75, 3.05) is 20.3 Å². The van der Waals surface area contributed by atoms with Crippen LogP contribution in [0.3, 0.4) is 0 Å². The van der Waals surface area contributed by atoms with Gasteiger partial charge in [-0.25, -0.2) is 4.39 Å². The summed E-state index contributed by atoms with van der Waals surface area (Å²) in [5, 5.41) is 3.08. The molecule has 4 nitrogen and oxygen atoms in total. The maximum atomic E-state index is 13.0. The van der Waals surface area contributed by atoms with Gasteiger partial charge in [0.25, 0.3) is 0 Å². The van der Waals surface area contributed by atoms with Crippen molar-refractivity contribution in [1.82, 2.24) is 5.32 Å². The summed E-state index contributed by atoms with van der Waals surface area (Å²) in [6, 6.07) is 5.91. The van der Waals surface area contributed by atoms with Crippen LogP contribution < -0.4 is 10.1 Å². The van der Waals surface area contributed by atoms with Crippen molar-refractivity contribution in [1.29, 1.82) is 0 Å². The standard InChI is InChI=1S/C14H20FNO3/c1-4-16-14(2,13(17)18-3)8-9-19-12-7-5-6-11(15)10-12/h5-7,10,16H,4,8-9H2,1-3H3. The van der Waals surface area contributed by atoms with E-state index in [0.717, 1.165) is 0 Å². The van der Waals surface area contributed by atoms with Crippen molar-refractivity contribution in [2.24, 2.45) is 0 Å². The zero-order chi connectivity index (χ0) is 14.3. The van der Waals surface area contributed by atoms with Crippen LogP contribution in [0.15, 0.2) is 24.3 Å². The number of likely N-dealkylation sites (N-methyl/N-ethyl adjacent to an activating group) is 1. The molecule has 0 bridgehead atoms. The van der Waals surface area contributed by atoms with E-state index < -0.39 is 5.54 Å². The minimum absolute atomic E-state index is 0.294. The molecule has 1 unspecified atom stereocenters. The molecule has 1 N–H and O–H groups in total. The van der Waals surface area contributed by atoms with Gasteiger partial charge in [0.1, 0.15) is 17.1 Å². The fourth-order valence-corrected chi connectivity index (χ4v) is 1.81. The Labute approximate surface area is 112 Å². The Morgan fingerprint density at radius 2 is 2.21 bits per heavy atom.